The van der Waals surface area contributed by atoms with Crippen molar-refractivity contribution in [3.63, 3.8) is 0 Å². The highest BCUT2D eigenvalue weighted by Crippen LogP contribution is 2.40. The molecule has 34 heavy (non-hydrogen) atoms. The number of ether oxygens (including phenoxy) is 1. The number of fused-ring (bicyclic) bond motifs is 2. The molecule has 0 fully saturated rings. The predicted octanol–water partition coefficient (Wildman–Crippen LogP) is 4.57. The van der Waals surface area contributed by atoms with Crippen LogP contribution in [-0.4, -0.2) is 32.2 Å². The highest BCUT2D eigenvalue weighted by atomic mass is 16.5. The molecule has 5 rings (SSSR count). The number of amides is 1. The first kappa shape index (κ1) is 21.5. The van der Waals surface area contributed by atoms with Crippen molar-refractivity contribution in [1.82, 2.24) is 25.1 Å². The molecule has 2 aromatic carbocycles. The second-order valence-electron chi connectivity index (χ2n) is 8.42. The number of hydrogen-bond acceptors (Lipinski definition) is 4. The number of benzene rings is 2. The Morgan fingerprint density at radius 1 is 1.15 bits per heavy atom. The van der Waals surface area contributed by atoms with Crippen LogP contribution < -0.4 is 15.6 Å². The van der Waals surface area contributed by atoms with Gasteiger partial charge in [-0.1, -0.05) is 18.2 Å². The van der Waals surface area contributed by atoms with E-state index in [4.69, 9.17) is 4.74 Å². The molecule has 8 heteroatoms. The predicted molar refractivity (Wildman–Crippen MR) is 133 cm³/mol. The van der Waals surface area contributed by atoms with Crippen LogP contribution in [0.2, 0.25) is 0 Å². The lowest BCUT2D eigenvalue weighted by Crippen LogP contribution is -2.23. The van der Waals surface area contributed by atoms with Crippen LogP contribution >= 0.6 is 0 Å². The molecule has 0 bridgehead atoms. The van der Waals surface area contributed by atoms with Crippen molar-refractivity contribution in [2.75, 3.05) is 6.54 Å². The van der Waals surface area contributed by atoms with E-state index in [2.05, 4.69) is 20.5 Å². The van der Waals surface area contributed by atoms with Crippen LogP contribution in [0.3, 0.4) is 0 Å². The van der Waals surface area contributed by atoms with Gasteiger partial charge >= 0.3 is 0 Å². The molecule has 0 aliphatic carbocycles. The number of carbonyl (C=O) groups excluding carboxylic acids is 1. The van der Waals surface area contributed by atoms with Gasteiger partial charge in [0.25, 0.3) is 11.5 Å². The summed E-state index contributed by atoms with van der Waals surface area (Å²) < 4.78 is 8.01. The Hall–Kier alpha value is -4.33. The van der Waals surface area contributed by atoms with Gasteiger partial charge in [-0.3, -0.25) is 14.7 Å². The third-order valence-corrected chi connectivity index (χ3v) is 6.00. The number of hydrogen-bond donors (Lipinski definition) is 3. The Morgan fingerprint density at radius 3 is 2.65 bits per heavy atom. The van der Waals surface area contributed by atoms with Gasteiger partial charge in [-0.2, -0.15) is 5.10 Å². The summed E-state index contributed by atoms with van der Waals surface area (Å²) in [6, 6.07) is 11.6. The van der Waals surface area contributed by atoms with Gasteiger partial charge in [-0.15, -0.1) is 0 Å². The maximum Gasteiger partial charge on any atom is 0.274 e. The highest BCUT2D eigenvalue weighted by molar-refractivity contribution is 6.04. The first-order valence-corrected chi connectivity index (χ1v) is 11.1. The Kier molecular flexibility index (Phi) is 5.20. The minimum absolute atomic E-state index is 0.214. The molecular weight excluding hydrogens is 430 g/mol. The van der Waals surface area contributed by atoms with E-state index in [1.807, 2.05) is 51.1 Å². The fourth-order valence-electron chi connectivity index (χ4n) is 4.26. The van der Waals surface area contributed by atoms with E-state index in [1.165, 1.54) is 4.57 Å². The summed E-state index contributed by atoms with van der Waals surface area (Å²) in [5, 5.41) is 11.5. The normalized spacial score (nSPS) is 11.3. The van der Waals surface area contributed by atoms with E-state index < -0.39 is 0 Å². The van der Waals surface area contributed by atoms with Crippen molar-refractivity contribution in [3.8, 4) is 22.6 Å². The van der Waals surface area contributed by atoms with Crippen molar-refractivity contribution in [2.45, 2.75) is 20.8 Å². The molecular formula is C26H25N5O3. The van der Waals surface area contributed by atoms with E-state index in [1.54, 1.807) is 25.5 Å². The molecule has 3 N–H and O–H groups in total. The quantitative estimate of drug-likeness (QED) is 0.361. The summed E-state index contributed by atoms with van der Waals surface area (Å²) in [4.78, 5) is 28.4. The van der Waals surface area contributed by atoms with Gasteiger partial charge in [0.1, 0.15) is 22.7 Å². The molecule has 0 atom stereocenters. The lowest BCUT2D eigenvalue weighted by Gasteiger charge is -2.16. The molecule has 0 radical (unpaired) electrons. The molecule has 0 saturated heterocycles. The van der Waals surface area contributed by atoms with Crippen molar-refractivity contribution in [1.29, 1.82) is 0 Å². The van der Waals surface area contributed by atoms with Gasteiger partial charge < -0.3 is 19.6 Å². The zero-order valence-electron chi connectivity index (χ0n) is 19.4. The van der Waals surface area contributed by atoms with Gasteiger partial charge in [-0.05, 0) is 50.1 Å². The summed E-state index contributed by atoms with van der Waals surface area (Å²) >= 11 is 0. The van der Waals surface area contributed by atoms with E-state index in [9.17, 15) is 9.59 Å². The Balaban J connectivity index is 1.78. The molecule has 1 amide bonds. The maximum atomic E-state index is 12.9. The number of H-pyrrole nitrogens is 2. The summed E-state index contributed by atoms with van der Waals surface area (Å²) in [5.41, 5.74) is 4.90. The SMILES string of the molecule is CCNC(=O)c1cc2c(-c3cc4[nH]ncc4cc3Oc3c(C)cccc3C)cn(C)c(=O)c2[nH]1. The third-order valence-electron chi connectivity index (χ3n) is 6.00. The van der Waals surface area contributed by atoms with Crippen LogP contribution in [0.4, 0.5) is 0 Å². The number of pyridine rings is 1. The second kappa shape index (κ2) is 8.22. The van der Waals surface area contributed by atoms with Crippen molar-refractivity contribution < 1.29 is 9.53 Å². The molecule has 0 aliphatic rings. The van der Waals surface area contributed by atoms with E-state index in [0.717, 1.165) is 38.9 Å². The minimum Gasteiger partial charge on any atom is -0.456 e. The summed E-state index contributed by atoms with van der Waals surface area (Å²) in [5.74, 6) is 1.15. The lowest BCUT2D eigenvalue weighted by molar-refractivity contribution is 0.0951. The van der Waals surface area contributed by atoms with Crippen molar-refractivity contribution in [3.05, 3.63) is 76.0 Å². The van der Waals surface area contributed by atoms with Crippen LogP contribution in [0.15, 0.2) is 53.6 Å². The van der Waals surface area contributed by atoms with Gasteiger partial charge in [-0.25, -0.2) is 0 Å². The van der Waals surface area contributed by atoms with Gasteiger partial charge in [0.15, 0.2) is 0 Å². The highest BCUT2D eigenvalue weighted by Gasteiger charge is 2.20. The Bertz CT molecular complexity index is 1600. The number of aromatic nitrogens is 4. The topological polar surface area (TPSA) is 105 Å². The van der Waals surface area contributed by atoms with Crippen molar-refractivity contribution >= 4 is 27.7 Å². The Morgan fingerprint density at radius 2 is 1.91 bits per heavy atom. The minimum atomic E-state index is -0.261. The number of para-hydroxylation sites is 1. The first-order valence-electron chi connectivity index (χ1n) is 11.1. The van der Waals surface area contributed by atoms with Gasteiger partial charge in [0, 0.05) is 41.7 Å². The van der Waals surface area contributed by atoms with Crippen LogP contribution in [-0.2, 0) is 7.05 Å². The summed E-state index contributed by atoms with van der Waals surface area (Å²) in [6.07, 6.45) is 3.52. The molecule has 0 spiro atoms. The van der Waals surface area contributed by atoms with Gasteiger partial charge in [0.2, 0.25) is 0 Å². The largest absolute Gasteiger partial charge is 0.456 e. The monoisotopic (exact) mass is 455 g/mol. The third kappa shape index (κ3) is 3.53. The molecule has 3 aromatic heterocycles. The first-order chi connectivity index (χ1) is 16.4. The maximum absolute atomic E-state index is 12.9. The summed E-state index contributed by atoms with van der Waals surface area (Å²) in [6.45, 7) is 6.35. The van der Waals surface area contributed by atoms with E-state index in [0.29, 0.717) is 28.9 Å². The molecule has 3 heterocycles. The van der Waals surface area contributed by atoms with Crippen LogP contribution in [0.25, 0.3) is 32.9 Å². The average Bonchev–Trinajstić information content (AvgIpc) is 3.46. The number of aromatic amines is 2. The number of rotatable bonds is 5. The standard InChI is InChI=1S/C26H25N5O3/c1-5-27-25(32)21-11-18-19(13-31(4)26(33)23(18)29-21)17-10-20-16(12-28-30-20)9-22(17)34-24-14(2)7-6-8-15(24)3/h6-13,29H,5H2,1-4H3,(H,27,32)(H,28,30). The average molecular weight is 456 g/mol. The lowest BCUT2D eigenvalue weighted by atomic mass is 10.0. The number of nitrogens with one attached hydrogen (secondary N) is 3. The second-order valence-corrected chi connectivity index (χ2v) is 8.42. The summed E-state index contributed by atoms with van der Waals surface area (Å²) in [7, 11) is 1.69. The molecule has 172 valence electrons. The number of carbonyl (C=O) groups is 1. The fraction of sp³-hybridized carbons (Fsp3) is 0.192. The van der Waals surface area contributed by atoms with Crippen molar-refractivity contribution in [2.24, 2.45) is 7.05 Å². The molecule has 0 unspecified atom stereocenters. The van der Waals surface area contributed by atoms with Crippen LogP contribution in [0.5, 0.6) is 11.5 Å². The fourth-order valence-corrected chi connectivity index (χ4v) is 4.26. The smallest absolute Gasteiger partial charge is 0.274 e. The Labute approximate surface area is 195 Å². The molecule has 0 aliphatic heterocycles. The van der Waals surface area contributed by atoms with E-state index in [-0.39, 0.29) is 11.5 Å². The molecule has 8 nitrogen and oxygen atoms in total. The molecule has 0 saturated carbocycles. The van der Waals surface area contributed by atoms with Gasteiger partial charge in [0.05, 0.1) is 11.7 Å². The van der Waals surface area contributed by atoms with E-state index >= 15 is 0 Å². The molecule has 5 aromatic rings. The van der Waals surface area contributed by atoms with Crippen LogP contribution in [0.1, 0.15) is 28.5 Å². The van der Waals surface area contributed by atoms with Crippen LogP contribution in [0, 0.1) is 13.8 Å². The number of nitrogens with zero attached hydrogens (tertiary/aromatic N) is 2. The zero-order valence-corrected chi connectivity index (χ0v) is 19.4. The zero-order chi connectivity index (χ0) is 24.0. The number of aryl methyl sites for hydroxylation is 3.